The zero-order valence-electron chi connectivity index (χ0n) is 15.7. The molecule has 2 atom stereocenters. The summed E-state index contributed by atoms with van der Waals surface area (Å²) in [5.74, 6) is -0.226. The number of rotatable bonds is 7. The van der Waals surface area contributed by atoms with E-state index in [0.29, 0.717) is 54.5 Å². The lowest BCUT2D eigenvalue weighted by atomic mass is 9.98. The van der Waals surface area contributed by atoms with Gasteiger partial charge in [0.15, 0.2) is 0 Å². The van der Waals surface area contributed by atoms with Crippen LogP contribution in [-0.4, -0.2) is 44.5 Å². The van der Waals surface area contributed by atoms with Gasteiger partial charge in [-0.05, 0) is 43.5 Å². The molecule has 1 aromatic heterocycles. The van der Waals surface area contributed by atoms with Gasteiger partial charge in [-0.1, -0.05) is 11.6 Å². The fraction of sp³-hybridized carbons (Fsp3) is 0.450. The van der Waals surface area contributed by atoms with Crippen LogP contribution in [0, 0.1) is 11.7 Å². The van der Waals surface area contributed by atoms with Crippen LogP contribution in [0.4, 0.5) is 4.39 Å². The molecule has 9 heteroatoms. The van der Waals surface area contributed by atoms with E-state index in [4.69, 9.17) is 21.1 Å². The Bertz CT molecular complexity index is 967. The Morgan fingerprint density at radius 2 is 2.07 bits per heavy atom. The summed E-state index contributed by atoms with van der Waals surface area (Å²) in [5.41, 5.74) is 0.832. The zero-order chi connectivity index (χ0) is 20.4. The first-order chi connectivity index (χ1) is 13.9. The summed E-state index contributed by atoms with van der Waals surface area (Å²) in [7, 11) is -3.29. The summed E-state index contributed by atoms with van der Waals surface area (Å²) in [6.07, 6.45) is 3.49. The van der Waals surface area contributed by atoms with E-state index in [0.717, 1.165) is 0 Å². The van der Waals surface area contributed by atoms with Gasteiger partial charge in [-0.25, -0.2) is 17.5 Å². The Labute approximate surface area is 174 Å². The second-order valence-corrected chi connectivity index (χ2v) is 9.84. The van der Waals surface area contributed by atoms with Crippen LogP contribution in [0.25, 0.3) is 11.3 Å². The van der Waals surface area contributed by atoms with Gasteiger partial charge < -0.3 is 9.47 Å². The predicted molar refractivity (Wildman–Crippen MR) is 108 cm³/mol. The fourth-order valence-electron chi connectivity index (χ4n) is 3.33. The molecule has 0 radical (unpaired) electrons. The van der Waals surface area contributed by atoms with Gasteiger partial charge in [-0.2, -0.15) is 0 Å². The normalized spacial score (nSPS) is 22.4. The largest absolute Gasteiger partial charge is 0.493 e. The summed E-state index contributed by atoms with van der Waals surface area (Å²) in [5, 5.41) is 0.214. The lowest BCUT2D eigenvalue weighted by molar-refractivity contribution is 0.0186. The Hall–Kier alpha value is -1.74. The second-order valence-electron chi connectivity index (χ2n) is 7.41. The summed E-state index contributed by atoms with van der Waals surface area (Å²) >= 11 is 5.82. The van der Waals surface area contributed by atoms with Crippen molar-refractivity contribution in [2.24, 2.45) is 5.92 Å². The quantitative estimate of drug-likeness (QED) is 0.714. The van der Waals surface area contributed by atoms with Crippen LogP contribution in [-0.2, 0) is 14.8 Å². The molecule has 1 N–H and O–H groups in total. The average Bonchev–Trinajstić information content (AvgIpc) is 3.54. The maximum absolute atomic E-state index is 14.5. The van der Waals surface area contributed by atoms with Crippen LogP contribution in [0.5, 0.6) is 5.75 Å². The second kappa shape index (κ2) is 8.55. The van der Waals surface area contributed by atoms with E-state index in [1.807, 2.05) is 0 Å². The van der Waals surface area contributed by atoms with E-state index >= 15 is 0 Å². The molecule has 1 aliphatic carbocycles. The van der Waals surface area contributed by atoms with Gasteiger partial charge in [0.05, 0.1) is 29.2 Å². The molecular weight excluding hydrogens is 419 g/mol. The fourth-order valence-corrected chi connectivity index (χ4v) is 5.13. The molecule has 156 valence electrons. The SMILES string of the molecule is O=S(=O)(NC1CCOCC1COc1ccc(-c2ccc(Cl)cn2)c(F)c1)C1CC1. The lowest BCUT2D eigenvalue weighted by Gasteiger charge is -2.31. The van der Waals surface area contributed by atoms with Crippen LogP contribution < -0.4 is 9.46 Å². The molecule has 2 fully saturated rings. The first kappa shape index (κ1) is 20.5. The van der Waals surface area contributed by atoms with Gasteiger partial charge in [0, 0.05) is 36.4 Å². The minimum atomic E-state index is -3.29. The highest BCUT2D eigenvalue weighted by Crippen LogP contribution is 2.30. The third-order valence-corrected chi connectivity index (χ3v) is 7.36. The smallest absolute Gasteiger partial charge is 0.214 e. The van der Waals surface area contributed by atoms with Crippen molar-refractivity contribution in [3.05, 3.63) is 47.4 Å². The van der Waals surface area contributed by atoms with Crippen molar-refractivity contribution in [2.75, 3.05) is 19.8 Å². The summed E-state index contributed by atoms with van der Waals surface area (Å²) in [4.78, 5) is 4.13. The molecule has 1 saturated carbocycles. The van der Waals surface area contributed by atoms with Crippen molar-refractivity contribution in [3.8, 4) is 17.0 Å². The number of nitrogens with one attached hydrogen (secondary N) is 1. The van der Waals surface area contributed by atoms with E-state index < -0.39 is 15.8 Å². The van der Waals surface area contributed by atoms with E-state index in [-0.39, 0.29) is 23.8 Å². The first-order valence-corrected chi connectivity index (χ1v) is 11.5. The van der Waals surface area contributed by atoms with Crippen molar-refractivity contribution in [2.45, 2.75) is 30.6 Å². The molecular formula is C20H22ClFN2O4S. The molecule has 4 rings (SSSR count). The zero-order valence-corrected chi connectivity index (χ0v) is 17.3. The summed E-state index contributed by atoms with van der Waals surface area (Å²) in [6.45, 7) is 1.13. The lowest BCUT2D eigenvalue weighted by Crippen LogP contribution is -2.48. The van der Waals surface area contributed by atoms with Gasteiger partial charge in [-0.15, -0.1) is 0 Å². The number of ether oxygens (including phenoxy) is 2. The Kier molecular flexibility index (Phi) is 6.06. The number of halogens is 2. The van der Waals surface area contributed by atoms with Crippen LogP contribution in [0.15, 0.2) is 36.5 Å². The molecule has 6 nitrogen and oxygen atoms in total. The monoisotopic (exact) mass is 440 g/mol. The molecule has 0 spiro atoms. The van der Waals surface area contributed by atoms with Crippen LogP contribution in [0.2, 0.25) is 5.02 Å². The topological polar surface area (TPSA) is 77.5 Å². The third-order valence-electron chi connectivity index (χ3n) is 5.16. The highest BCUT2D eigenvalue weighted by atomic mass is 35.5. The molecule has 1 aliphatic heterocycles. The van der Waals surface area contributed by atoms with Gasteiger partial charge in [-0.3, -0.25) is 4.98 Å². The van der Waals surface area contributed by atoms with Crippen molar-refractivity contribution >= 4 is 21.6 Å². The number of benzene rings is 1. The standard InChI is InChI=1S/C20H22ClFN2O4S/c21-14-1-6-20(23-10-14)17-5-2-15(9-18(17)22)28-12-13-11-27-8-7-19(13)24-29(25,26)16-3-4-16/h1-2,5-6,9-10,13,16,19,24H,3-4,7-8,11-12H2. The molecule has 2 aromatic rings. The van der Waals surface area contributed by atoms with Crippen molar-refractivity contribution in [1.82, 2.24) is 9.71 Å². The minimum Gasteiger partial charge on any atom is -0.493 e. The molecule has 0 bridgehead atoms. The Morgan fingerprint density at radius 3 is 2.76 bits per heavy atom. The maximum Gasteiger partial charge on any atom is 0.214 e. The molecule has 1 aromatic carbocycles. The molecule has 29 heavy (non-hydrogen) atoms. The van der Waals surface area contributed by atoms with Gasteiger partial charge in [0.1, 0.15) is 11.6 Å². The number of hydrogen-bond donors (Lipinski definition) is 1. The Morgan fingerprint density at radius 1 is 1.24 bits per heavy atom. The summed E-state index contributed by atoms with van der Waals surface area (Å²) < 4.78 is 53.1. The number of nitrogens with zero attached hydrogens (tertiary/aromatic N) is 1. The van der Waals surface area contributed by atoms with Crippen molar-refractivity contribution in [1.29, 1.82) is 0 Å². The minimum absolute atomic E-state index is 0.141. The van der Waals surface area contributed by atoms with E-state index in [2.05, 4.69) is 9.71 Å². The summed E-state index contributed by atoms with van der Waals surface area (Å²) in [6, 6.07) is 7.64. The van der Waals surface area contributed by atoms with Crippen molar-refractivity contribution in [3.63, 3.8) is 0 Å². The number of aromatic nitrogens is 1. The Balaban J connectivity index is 1.40. The average molecular weight is 441 g/mol. The maximum atomic E-state index is 14.5. The predicted octanol–water partition coefficient (Wildman–Crippen LogP) is 3.41. The highest BCUT2D eigenvalue weighted by molar-refractivity contribution is 7.90. The van der Waals surface area contributed by atoms with Gasteiger partial charge >= 0.3 is 0 Å². The molecule has 0 amide bonds. The van der Waals surface area contributed by atoms with Crippen LogP contribution in [0.1, 0.15) is 19.3 Å². The first-order valence-electron chi connectivity index (χ1n) is 9.55. The highest BCUT2D eigenvalue weighted by Gasteiger charge is 2.39. The van der Waals surface area contributed by atoms with Crippen molar-refractivity contribution < 1.29 is 22.3 Å². The number of hydrogen-bond acceptors (Lipinski definition) is 5. The molecule has 2 heterocycles. The molecule has 2 unspecified atom stereocenters. The number of sulfonamides is 1. The van der Waals surface area contributed by atoms with E-state index in [9.17, 15) is 12.8 Å². The van der Waals surface area contributed by atoms with Crippen LogP contribution in [0.3, 0.4) is 0 Å². The molecule has 1 saturated heterocycles. The third kappa shape index (κ3) is 5.06. The van der Waals surface area contributed by atoms with E-state index in [1.165, 1.54) is 12.3 Å². The van der Waals surface area contributed by atoms with Crippen LogP contribution >= 0.6 is 11.6 Å². The van der Waals surface area contributed by atoms with Gasteiger partial charge in [0.2, 0.25) is 10.0 Å². The molecule has 2 aliphatic rings. The van der Waals surface area contributed by atoms with Gasteiger partial charge in [0.25, 0.3) is 0 Å². The van der Waals surface area contributed by atoms with E-state index in [1.54, 1.807) is 24.3 Å². The number of pyridine rings is 1.